The van der Waals surface area contributed by atoms with Crippen LogP contribution in [-0.2, 0) is 23.1 Å². The van der Waals surface area contributed by atoms with Crippen LogP contribution in [0.3, 0.4) is 0 Å². The Bertz CT molecular complexity index is 678. The van der Waals surface area contributed by atoms with Crippen molar-refractivity contribution in [1.29, 1.82) is 0 Å². The quantitative estimate of drug-likeness (QED) is 0.711. The van der Waals surface area contributed by atoms with Crippen molar-refractivity contribution in [1.82, 2.24) is 20.2 Å². The summed E-state index contributed by atoms with van der Waals surface area (Å²) in [5, 5.41) is 8.64. The Labute approximate surface area is 127 Å². The summed E-state index contributed by atoms with van der Waals surface area (Å²) in [4.78, 5) is 5.06. The summed E-state index contributed by atoms with van der Waals surface area (Å²) < 4.78 is 31.9. The molecule has 0 spiro atoms. The molecular weight excluding hydrogens is 312 g/mol. The van der Waals surface area contributed by atoms with Gasteiger partial charge in [0.25, 0.3) is 0 Å². The molecule has 0 saturated carbocycles. The fraction of sp³-hybridized carbons (Fsp3) is 0.500. The van der Waals surface area contributed by atoms with E-state index < -0.39 is 10.0 Å². The highest BCUT2D eigenvalue weighted by atomic mass is 32.2. The van der Waals surface area contributed by atoms with Crippen LogP contribution in [0, 0.1) is 6.92 Å². The zero-order valence-corrected chi connectivity index (χ0v) is 13.6. The number of sulfonamides is 1. The maximum Gasteiger partial charge on any atom is 0.242 e. The Morgan fingerprint density at radius 2 is 2.19 bits per heavy atom. The summed E-state index contributed by atoms with van der Waals surface area (Å²) in [6, 6.07) is 1.61. The van der Waals surface area contributed by atoms with Crippen molar-refractivity contribution in [2.45, 2.75) is 38.3 Å². The van der Waals surface area contributed by atoms with Crippen molar-refractivity contribution in [3.05, 3.63) is 28.0 Å². The summed E-state index contributed by atoms with van der Waals surface area (Å²) >= 11 is 1.42. The molecule has 7 nitrogen and oxygen atoms in total. The van der Waals surface area contributed by atoms with Crippen LogP contribution in [0.2, 0.25) is 0 Å². The smallest absolute Gasteiger partial charge is 0.242 e. The zero-order valence-electron chi connectivity index (χ0n) is 11.9. The van der Waals surface area contributed by atoms with Gasteiger partial charge in [0.05, 0.1) is 11.4 Å². The van der Waals surface area contributed by atoms with Crippen LogP contribution in [0.15, 0.2) is 20.9 Å². The number of aryl methyl sites for hydroxylation is 1. The largest absolute Gasteiger partial charge is 0.340 e. The lowest BCUT2D eigenvalue weighted by Gasteiger charge is -2.07. The normalized spacial score (nSPS) is 11.9. The summed E-state index contributed by atoms with van der Waals surface area (Å²) in [5.74, 6) is 0.723. The lowest BCUT2D eigenvalue weighted by Crippen LogP contribution is -2.25. The maximum absolute atomic E-state index is 12.3. The molecule has 0 saturated heterocycles. The number of nitrogens with one attached hydrogen (secondary N) is 2. The maximum atomic E-state index is 12.3. The molecule has 0 aliphatic heterocycles. The van der Waals surface area contributed by atoms with Crippen molar-refractivity contribution in [3.63, 3.8) is 0 Å². The van der Waals surface area contributed by atoms with E-state index in [0.717, 1.165) is 17.8 Å². The predicted molar refractivity (Wildman–Crippen MR) is 79.4 cm³/mol. The molecule has 0 fully saturated rings. The first-order valence-electron chi connectivity index (χ1n) is 6.59. The second-order valence-corrected chi connectivity index (χ2v) is 7.18. The van der Waals surface area contributed by atoms with Gasteiger partial charge in [0, 0.05) is 18.3 Å². The van der Waals surface area contributed by atoms with Crippen molar-refractivity contribution in [2.24, 2.45) is 0 Å². The number of hydrogen-bond acceptors (Lipinski definition) is 7. The molecule has 0 aliphatic carbocycles. The van der Waals surface area contributed by atoms with Gasteiger partial charge in [-0.15, -0.1) is 11.3 Å². The van der Waals surface area contributed by atoms with Crippen molar-refractivity contribution in [2.75, 3.05) is 6.54 Å². The van der Waals surface area contributed by atoms with Crippen LogP contribution in [0.5, 0.6) is 0 Å². The Hall–Kier alpha value is -1.29. The van der Waals surface area contributed by atoms with E-state index in [1.165, 1.54) is 11.3 Å². The van der Waals surface area contributed by atoms with Crippen LogP contribution in [0.25, 0.3) is 0 Å². The van der Waals surface area contributed by atoms with Gasteiger partial charge in [0.15, 0.2) is 5.82 Å². The molecule has 116 valence electrons. The molecule has 0 bridgehead atoms. The first kappa shape index (κ1) is 16.1. The number of thiophene rings is 1. The van der Waals surface area contributed by atoms with Crippen LogP contribution in [0.4, 0.5) is 0 Å². The molecule has 0 aromatic carbocycles. The second-order valence-electron chi connectivity index (χ2n) is 4.44. The molecule has 2 aromatic heterocycles. The predicted octanol–water partition coefficient (Wildman–Crippen LogP) is 1.42. The molecule has 2 aromatic rings. The lowest BCUT2D eigenvalue weighted by atomic mass is 10.4. The van der Waals surface area contributed by atoms with E-state index in [1.54, 1.807) is 18.4 Å². The lowest BCUT2D eigenvalue weighted by molar-refractivity contribution is 0.387. The van der Waals surface area contributed by atoms with Crippen LogP contribution < -0.4 is 10.0 Å². The number of rotatable bonds is 8. The van der Waals surface area contributed by atoms with E-state index in [2.05, 4.69) is 27.1 Å². The zero-order chi connectivity index (χ0) is 15.3. The molecule has 2 heterocycles. The van der Waals surface area contributed by atoms with Gasteiger partial charge in [-0.1, -0.05) is 12.1 Å². The summed E-state index contributed by atoms with van der Waals surface area (Å²) in [6.07, 6.45) is 1.00. The Morgan fingerprint density at radius 1 is 1.38 bits per heavy atom. The van der Waals surface area contributed by atoms with Crippen molar-refractivity contribution in [3.8, 4) is 0 Å². The minimum absolute atomic E-state index is 0.0113. The Balaban J connectivity index is 2.03. The van der Waals surface area contributed by atoms with E-state index in [1.807, 2.05) is 0 Å². The molecule has 0 amide bonds. The van der Waals surface area contributed by atoms with Gasteiger partial charge in [-0.05, 0) is 24.4 Å². The monoisotopic (exact) mass is 330 g/mol. The fourth-order valence-electron chi connectivity index (χ4n) is 1.73. The van der Waals surface area contributed by atoms with Crippen LogP contribution in [-0.4, -0.2) is 25.1 Å². The van der Waals surface area contributed by atoms with Gasteiger partial charge in [-0.3, -0.25) is 0 Å². The third-order valence-electron chi connectivity index (χ3n) is 2.70. The summed E-state index contributed by atoms with van der Waals surface area (Å²) in [7, 11) is -3.57. The van der Waals surface area contributed by atoms with Crippen LogP contribution in [0.1, 0.15) is 29.9 Å². The van der Waals surface area contributed by atoms with Gasteiger partial charge in [-0.2, -0.15) is 4.98 Å². The number of aromatic nitrogens is 2. The van der Waals surface area contributed by atoms with Gasteiger partial charge in [0.1, 0.15) is 0 Å². The Kier molecular flexibility index (Phi) is 5.45. The van der Waals surface area contributed by atoms with Gasteiger partial charge >= 0.3 is 0 Å². The van der Waals surface area contributed by atoms with E-state index in [-0.39, 0.29) is 6.54 Å². The summed E-state index contributed by atoms with van der Waals surface area (Å²) in [5.41, 5.74) is 0. The van der Waals surface area contributed by atoms with Crippen molar-refractivity contribution >= 4 is 21.4 Å². The number of nitrogens with zero attached hydrogens (tertiary/aromatic N) is 2. The third-order valence-corrected chi connectivity index (χ3v) is 5.23. The standard InChI is InChI=1S/C12H18N4O3S2/c1-3-5-13-7-10-11(4-6-20-10)21(17,18)14-8-12-15-9(2)19-16-12/h4,6,13-14H,3,5,7-8H2,1-2H3. The minimum atomic E-state index is -3.57. The summed E-state index contributed by atoms with van der Waals surface area (Å²) in [6.45, 7) is 5.13. The minimum Gasteiger partial charge on any atom is -0.340 e. The van der Waals surface area contributed by atoms with E-state index in [4.69, 9.17) is 4.52 Å². The molecular formula is C12H18N4O3S2. The van der Waals surface area contributed by atoms with Crippen molar-refractivity contribution < 1.29 is 12.9 Å². The number of hydrogen-bond donors (Lipinski definition) is 2. The molecule has 21 heavy (non-hydrogen) atoms. The SMILES string of the molecule is CCCNCc1sccc1S(=O)(=O)NCc1noc(C)n1. The third kappa shape index (κ3) is 4.34. The molecule has 0 radical (unpaired) electrons. The van der Waals surface area contributed by atoms with E-state index in [0.29, 0.717) is 23.2 Å². The average molecular weight is 330 g/mol. The van der Waals surface area contributed by atoms with Crippen LogP contribution >= 0.6 is 11.3 Å². The highest BCUT2D eigenvalue weighted by molar-refractivity contribution is 7.89. The van der Waals surface area contributed by atoms with Gasteiger partial charge in [-0.25, -0.2) is 13.1 Å². The first-order valence-corrected chi connectivity index (χ1v) is 8.95. The first-order chi connectivity index (χ1) is 10.0. The average Bonchev–Trinajstić information content (AvgIpc) is 3.06. The highest BCUT2D eigenvalue weighted by Crippen LogP contribution is 2.21. The molecule has 2 rings (SSSR count). The molecule has 0 unspecified atom stereocenters. The van der Waals surface area contributed by atoms with Gasteiger partial charge in [0.2, 0.25) is 15.9 Å². The molecule has 9 heteroatoms. The molecule has 2 N–H and O–H groups in total. The molecule has 0 atom stereocenters. The Morgan fingerprint density at radius 3 is 2.86 bits per heavy atom. The van der Waals surface area contributed by atoms with Gasteiger partial charge < -0.3 is 9.84 Å². The van der Waals surface area contributed by atoms with E-state index >= 15 is 0 Å². The molecule has 0 aliphatic rings. The topological polar surface area (TPSA) is 97.1 Å². The highest BCUT2D eigenvalue weighted by Gasteiger charge is 2.20. The fourth-order valence-corrected chi connectivity index (χ4v) is 4.12. The second kappa shape index (κ2) is 7.12. The van der Waals surface area contributed by atoms with E-state index in [9.17, 15) is 8.42 Å².